The molecule has 0 aliphatic carbocycles. The summed E-state index contributed by atoms with van der Waals surface area (Å²) in [6, 6.07) is 3.07. The second-order valence-corrected chi connectivity index (χ2v) is 2.63. The van der Waals surface area contributed by atoms with Gasteiger partial charge in [-0.2, -0.15) is 0 Å². The number of hydrogen-bond acceptors (Lipinski definition) is 5. The van der Waals surface area contributed by atoms with Crippen LogP contribution in [0.3, 0.4) is 0 Å². The van der Waals surface area contributed by atoms with E-state index in [0.717, 1.165) is 0 Å². The summed E-state index contributed by atoms with van der Waals surface area (Å²) >= 11 is 0. The van der Waals surface area contributed by atoms with Gasteiger partial charge in [-0.05, 0) is 19.1 Å². The molecule has 0 unspecified atom stereocenters. The number of rotatable bonds is 5. The number of nitrogens with zero attached hydrogens (tertiary/aromatic N) is 1. The molecule has 80 valence electrons. The lowest BCUT2D eigenvalue weighted by molar-refractivity contribution is -0.145. The second kappa shape index (κ2) is 5.74. The summed E-state index contributed by atoms with van der Waals surface area (Å²) in [5, 5.41) is 0. The fourth-order valence-electron chi connectivity index (χ4n) is 0.892. The van der Waals surface area contributed by atoms with Crippen molar-refractivity contribution >= 4 is 12.3 Å². The molecule has 0 aliphatic heterocycles. The number of aldehydes is 1. The van der Waals surface area contributed by atoms with Gasteiger partial charge in [-0.25, -0.2) is 9.78 Å². The lowest BCUT2D eigenvalue weighted by Gasteiger charge is -2.04. The summed E-state index contributed by atoms with van der Waals surface area (Å²) in [5.74, 6) is -0.00869. The minimum absolute atomic E-state index is 0.157. The Hall–Kier alpha value is -1.91. The number of carbonyl (C=O) groups is 2. The van der Waals surface area contributed by atoms with Crippen molar-refractivity contribution in [3.63, 3.8) is 0 Å². The summed E-state index contributed by atoms with van der Waals surface area (Å²) in [6.07, 6.45) is 2.01. The average molecular weight is 209 g/mol. The van der Waals surface area contributed by atoms with Gasteiger partial charge in [0.05, 0.1) is 12.8 Å². The van der Waals surface area contributed by atoms with Gasteiger partial charge >= 0.3 is 5.97 Å². The van der Waals surface area contributed by atoms with E-state index in [2.05, 4.69) is 9.72 Å². The Morgan fingerprint density at radius 1 is 1.53 bits per heavy atom. The average Bonchev–Trinajstić information content (AvgIpc) is 2.27. The Kier molecular flexibility index (Phi) is 4.28. The second-order valence-electron chi connectivity index (χ2n) is 2.63. The van der Waals surface area contributed by atoms with Crippen molar-refractivity contribution in [2.75, 3.05) is 13.2 Å². The number of ether oxygens (including phenoxy) is 2. The van der Waals surface area contributed by atoms with Crippen molar-refractivity contribution in [2.24, 2.45) is 0 Å². The van der Waals surface area contributed by atoms with Crippen LogP contribution in [0.15, 0.2) is 18.3 Å². The Morgan fingerprint density at radius 2 is 2.33 bits per heavy atom. The van der Waals surface area contributed by atoms with Crippen molar-refractivity contribution in [1.29, 1.82) is 0 Å². The largest absolute Gasteiger partial charge is 0.480 e. The van der Waals surface area contributed by atoms with Crippen molar-refractivity contribution in [1.82, 2.24) is 4.98 Å². The first-order valence-corrected chi connectivity index (χ1v) is 4.46. The van der Waals surface area contributed by atoms with Crippen LogP contribution >= 0.6 is 0 Å². The molecule has 0 radical (unpaired) electrons. The summed E-state index contributed by atoms with van der Waals surface area (Å²) in [7, 11) is 0. The van der Waals surface area contributed by atoms with Crippen molar-refractivity contribution in [3.8, 4) is 5.75 Å². The van der Waals surface area contributed by atoms with Crippen LogP contribution in [0.25, 0.3) is 0 Å². The molecule has 1 rings (SSSR count). The van der Waals surface area contributed by atoms with E-state index in [4.69, 9.17) is 4.74 Å². The maximum Gasteiger partial charge on any atom is 0.344 e. The highest BCUT2D eigenvalue weighted by atomic mass is 16.6. The molecule has 0 amide bonds. The van der Waals surface area contributed by atoms with Gasteiger partial charge in [-0.3, -0.25) is 4.79 Å². The molecule has 0 saturated carbocycles. The van der Waals surface area contributed by atoms with E-state index in [1.54, 1.807) is 13.0 Å². The lowest BCUT2D eigenvalue weighted by atomic mass is 10.4. The molecule has 1 heterocycles. The fraction of sp³-hybridized carbons (Fsp3) is 0.300. The maximum absolute atomic E-state index is 10.9. The van der Waals surface area contributed by atoms with E-state index < -0.39 is 5.97 Å². The first kappa shape index (κ1) is 11.2. The van der Waals surface area contributed by atoms with E-state index in [1.807, 2.05) is 0 Å². The predicted molar refractivity (Wildman–Crippen MR) is 51.8 cm³/mol. The number of hydrogen-bond donors (Lipinski definition) is 0. The minimum Gasteiger partial charge on any atom is -0.480 e. The van der Waals surface area contributed by atoms with E-state index in [1.165, 1.54) is 12.3 Å². The number of carbonyl (C=O) groups excluding carboxylic acids is 2. The van der Waals surface area contributed by atoms with Crippen LogP contribution in [0.1, 0.15) is 17.4 Å². The molecular weight excluding hydrogens is 198 g/mol. The van der Waals surface area contributed by atoms with Gasteiger partial charge in [0.1, 0.15) is 11.4 Å². The van der Waals surface area contributed by atoms with Gasteiger partial charge < -0.3 is 9.47 Å². The lowest BCUT2D eigenvalue weighted by Crippen LogP contribution is -2.14. The van der Waals surface area contributed by atoms with E-state index in [-0.39, 0.29) is 6.61 Å². The normalized spacial score (nSPS) is 9.40. The van der Waals surface area contributed by atoms with Crippen LogP contribution in [-0.4, -0.2) is 30.5 Å². The Labute approximate surface area is 87.0 Å². The molecule has 0 spiro atoms. The Bertz CT molecular complexity index is 334. The molecule has 0 atom stereocenters. The SMILES string of the molecule is CCOC(=O)COc1ccc(C=O)nc1. The summed E-state index contributed by atoms with van der Waals surface area (Å²) < 4.78 is 9.73. The number of pyridine rings is 1. The molecular formula is C10H11NO4. The molecule has 0 saturated heterocycles. The molecule has 0 fully saturated rings. The van der Waals surface area contributed by atoms with Crippen LogP contribution in [0.4, 0.5) is 0 Å². The van der Waals surface area contributed by atoms with Crippen molar-refractivity contribution in [2.45, 2.75) is 6.92 Å². The maximum atomic E-state index is 10.9. The van der Waals surface area contributed by atoms with Gasteiger partial charge in [-0.1, -0.05) is 0 Å². The Balaban J connectivity index is 2.44. The summed E-state index contributed by atoms with van der Waals surface area (Å²) in [4.78, 5) is 25.0. The molecule has 0 bridgehead atoms. The van der Waals surface area contributed by atoms with Crippen LogP contribution in [0.5, 0.6) is 5.75 Å². The predicted octanol–water partition coefficient (Wildman–Crippen LogP) is 0.836. The smallest absolute Gasteiger partial charge is 0.344 e. The molecule has 1 aromatic heterocycles. The van der Waals surface area contributed by atoms with Crippen molar-refractivity contribution in [3.05, 3.63) is 24.0 Å². The fourth-order valence-corrected chi connectivity index (χ4v) is 0.892. The van der Waals surface area contributed by atoms with Gasteiger partial charge in [-0.15, -0.1) is 0 Å². The first-order chi connectivity index (χ1) is 7.26. The van der Waals surface area contributed by atoms with E-state index in [9.17, 15) is 9.59 Å². The van der Waals surface area contributed by atoms with Crippen LogP contribution in [0, 0.1) is 0 Å². The van der Waals surface area contributed by atoms with E-state index >= 15 is 0 Å². The first-order valence-electron chi connectivity index (χ1n) is 4.46. The van der Waals surface area contributed by atoms with E-state index in [0.29, 0.717) is 24.3 Å². The van der Waals surface area contributed by atoms with Crippen LogP contribution in [-0.2, 0) is 9.53 Å². The quantitative estimate of drug-likeness (QED) is 0.531. The third kappa shape index (κ3) is 3.76. The van der Waals surface area contributed by atoms with Gasteiger partial charge in [0.2, 0.25) is 0 Å². The number of aromatic nitrogens is 1. The highest BCUT2D eigenvalue weighted by Crippen LogP contribution is 2.07. The topological polar surface area (TPSA) is 65.5 Å². The molecule has 0 aromatic carbocycles. The van der Waals surface area contributed by atoms with Gasteiger partial charge in [0.25, 0.3) is 0 Å². The summed E-state index contributed by atoms with van der Waals surface area (Å²) in [5.41, 5.74) is 0.318. The molecule has 5 heteroatoms. The monoisotopic (exact) mass is 209 g/mol. The molecule has 0 N–H and O–H groups in total. The third-order valence-corrected chi connectivity index (χ3v) is 1.54. The molecule has 1 aromatic rings. The molecule has 15 heavy (non-hydrogen) atoms. The van der Waals surface area contributed by atoms with Gasteiger partial charge in [0.15, 0.2) is 12.9 Å². The highest BCUT2D eigenvalue weighted by Gasteiger charge is 2.02. The highest BCUT2D eigenvalue weighted by molar-refractivity contribution is 5.72. The van der Waals surface area contributed by atoms with Crippen LogP contribution in [0.2, 0.25) is 0 Å². The number of esters is 1. The van der Waals surface area contributed by atoms with Crippen LogP contribution < -0.4 is 4.74 Å². The zero-order valence-electron chi connectivity index (χ0n) is 8.30. The third-order valence-electron chi connectivity index (χ3n) is 1.54. The zero-order chi connectivity index (χ0) is 11.1. The summed E-state index contributed by atoms with van der Waals surface area (Å²) in [6.45, 7) is 1.89. The minimum atomic E-state index is -0.433. The molecule has 0 aliphatic rings. The zero-order valence-corrected chi connectivity index (χ0v) is 8.30. The van der Waals surface area contributed by atoms with Gasteiger partial charge in [0, 0.05) is 0 Å². The standard InChI is InChI=1S/C10H11NO4/c1-2-14-10(13)7-15-9-4-3-8(6-12)11-5-9/h3-6H,2,7H2,1H3. The Morgan fingerprint density at radius 3 is 2.87 bits per heavy atom. The molecule has 5 nitrogen and oxygen atoms in total. The van der Waals surface area contributed by atoms with Crippen molar-refractivity contribution < 1.29 is 19.1 Å².